The highest BCUT2D eigenvalue weighted by molar-refractivity contribution is 5.93. The molecule has 1 aliphatic rings. The summed E-state index contributed by atoms with van der Waals surface area (Å²) >= 11 is 0. The van der Waals surface area contributed by atoms with E-state index < -0.39 is 0 Å². The molecular weight excluding hydrogens is 436 g/mol. The third-order valence-corrected chi connectivity index (χ3v) is 6.50. The number of carbonyl (C=O) groups is 1. The lowest BCUT2D eigenvalue weighted by atomic mass is 9.89. The van der Waals surface area contributed by atoms with Crippen LogP contribution in [0, 0.1) is 0 Å². The van der Waals surface area contributed by atoms with Crippen LogP contribution in [-0.4, -0.2) is 54.1 Å². The Balaban J connectivity index is 1.37. The standard InChI is InChI=1S/C28H38N6O/c1-28(2,3)33-22-11-9-21(10-12-22)32-26(35)17-29-27-24-16-20(8-15-25(24)30-18-31-27)19-6-13-23(14-7-19)34(4)5/h6-8,13-16,18,21-22,33H,9-12,17H2,1-5H3,(H,32,35)(H,29,30,31). The van der Waals surface area contributed by atoms with Crippen LogP contribution in [0.3, 0.4) is 0 Å². The minimum Gasteiger partial charge on any atom is -0.378 e. The van der Waals surface area contributed by atoms with Gasteiger partial charge in [0.25, 0.3) is 0 Å². The van der Waals surface area contributed by atoms with Crippen LogP contribution >= 0.6 is 0 Å². The molecule has 0 radical (unpaired) electrons. The van der Waals surface area contributed by atoms with E-state index in [4.69, 9.17) is 0 Å². The summed E-state index contributed by atoms with van der Waals surface area (Å²) in [6, 6.07) is 15.4. The topological polar surface area (TPSA) is 82.2 Å². The van der Waals surface area contributed by atoms with Gasteiger partial charge >= 0.3 is 0 Å². The van der Waals surface area contributed by atoms with E-state index in [0.717, 1.165) is 53.4 Å². The van der Waals surface area contributed by atoms with Gasteiger partial charge in [0.1, 0.15) is 12.1 Å². The highest BCUT2D eigenvalue weighted by Gasteiger charge is 2.25. The monoisotopic (exact) mass is 474 g/mol. The lowest BCUT2D eigenvalue weighted by molar-refractivity contribution is -0.120. The van der Waals surface area contributed by atoms with Crippen LogP contribution in [0.25, 0.3) is 22.0 Å². The van der Waals surface area contributed by atoms with E-state index in [1.807, 2.05) is 20.2 Å². The third kappa shape index (κ3) is 6.69. The summed E-state index contributed by atoms with van der Waals surface area (Å²) < 4.78 is 0. The molecule has 3 N–H and O–H groups in total. The number of nitrogens with one attached hydrogen (secondary N) is 3. The van der Waals surface area contributed by atoms with E-state index >= 15 is 0 Å². The zero-order valence-corrected chi connectivity index (χ0v) is 21.6. The summed E-state index contributed by atoms with van der Waals surface area (Å²) in [7, 11) is 4.07. The summed E-state index contributed by atoms with van der Waals surface area (Å²) in [6.07, 6.45) is 5.73. The van der Waals surface area contributed by atoms with Crippen LogP contribution in [0.1, 0.15) is 46.5 Å². The van der Waals surface area contributed by atoms with Crippen molar-refractivity contribution < 1.29 is 4.79 Å². The van der Waals surface area contributed by atoms with Gasteiger partial charge < -0.3 is 20.9 Å². The van der Waals surface area contributed by atoms with Crippen LogP contribution in [0.15, 0.2) is 48.8 Å². The van der Waals surface area contributed by atoms with E-state index in [1.165, 1.54) is 6.33 Å². The molecule has 7 nitrogen and oxygen atoms in total. The fourth-order valence-electron chi connectivity index (χ4n) is 4.77. The molecule has 186 valence electrons. The SMILES string of the molecule is CN(C)c1ccc(-c2ccc3ncnc(NCC(=O)NC4CCC(NC(C)(C)C)CC4)c3c2)cc1. The Morgan fingerprint density at radius 1 is 0.943 bits per heavy atom. The number of fused-ring (bicyclic) bond motifs is 1. The highest BCUT2D eigenvalue weighted by Crippen LogP contribution is 2.28. The van der Waals surface area contributed by atoms with Crippen LogP contribution in [0.5, 0.6) is 0 Å². The molecule has 3 aromatic rings. The number of hydrogen-bond donors (Lipinski definition) is 3. The van der Waals surface area contributed by atoms with Crippen LogP contribution in [0.4, 0.5) is 11.5 Å². The molecule has 0 atom stereocenters. The van der Waals surface area contributed by atoms with E-state index in [0.29, 0.717) is 11.9 Å². The zero-order chi connectivity index (χ0) is 25.0. The van der Waals surface area contributed by atoms with Crippen molar-refractivity contribution in [2.24, 2.45) is 0 Å². The Hall–Kier alpha value is -3.19. The van der Waals surface area contributed by atoms with Crippen molar-refractivity contribution in [1.82, 2.24) is 20.6 Å². The molecule has 1 saturated carbocycles. The first-order valence-electron chi connectivity index (χ1n) is 12.5. The second-order valence-corrected chi connectivity index (χ2v) is 10.8. The molecule has 0 saturated heterocycles. The summed E-state index contributed by atoms with van der Waals surface area (Å²) in [5.41, 5.74) is 4.35. The van der Waals surface area contributed by atoms with Crippen LogP contribution in [-0.2, 0) is 4.79 Å². The normalized spacial score (nSPS) is 18.3. The Morgan fingerprint density at radius 3 is 2.26 bits per heavy atom. The third-order valence-electron chi connectivity index (χ3n) is 6.50. The summed E-state index contributed by atoms with van der Waals surface area (Å²) in [5.74, 6) is 0.675. The Morgan fingerprint density at radius 2 is 1.60 bits per heavy atom. The van der Waals surface area contributed by atoms with Crippen molar-refractivity contribution >= 4 is 28.3 Å². The fraction of sp³-hybridized carbons (Fsp3) is 0.464. The second kappa shape index (κ2) is 10.6. The number of rotatable bonds is 7. The van der Waals surface area contributed by atoms with Gasteiger partial charge in [-0.2, -0.15) is 0 Å². The largest absolute Gasteiger partial charge is 0.378 e. The summed E-state index contributed by atoms with van der Waals surface area (Å²) in [6.45, 7) is 6.79. The van der Waals surface area contributed by atoms with Crippen molar-refractivity contribution in [2.75, 3.05) is 30.9 Å². The first-order valence-corrected chi connectivity index (χ1v) is 12.5. The summed E-state index contributed by atoms with van der Waals surface area (Å²) in [4.78, 5) is 23.6. The van der Waals surface area contributed by atoms with Gasteiger partial charge in [-0.3, -0.25) is 4.79 Å². The van der Waals surface area contributed by atoms with Gasteiger partial charge in [-0.05, 0) is 81.8 Å². The quantitative estimate of drug-likeness (QED) is 0.465. The van der Waals surface area contributed by atoms with E-state index in [9.17, 15) is 4.79 Å². The van der Waals surface area contributed by atoms with Crippen molar-refractivity contribution in [3.63, 3.8) is 0 Å². The minimum absolute atomic E-state index is 0.000536. The molecule has 0 aliphatic heterocycles. The molecule has 4 rings (SSSR count). The Kier molecular flexibility index (Phi) is 7.55. The molecule has 1 fully saturated rings. The van der Waals surface area contributed by atoms with E-state index in [1.54, 1.807) is 0 Å². The minimum atomic E-state index is -0.000536. The van der Waals surface area contributed by atoms with Gasteiger partial charge in [-0.1, -0.05) is 18.2 Å². The average Bonchev–Trinajstić information content (AvgIpc) is 2.83. The number of amides is 1. The molecule has 1 aromatic heterocycles. The lowest BCUT2D eigenvalue weighted by Gasteiger charge is -2.34. The fourth-order valence-corrected chi connectivity index (χ4v) is 4.77. The predicted octanol–water partition coefficient (Wildman–Crippen LogP) is 4.59. The average molecular weight is 475 g/mol. The first kappa shape index (κ1) is 24.9. The van der Waals surface area contributed by atoms with Crippen molar-refractivity contribution in [3.05, 3.63) is 48.8 Å². The molecule has 0 bridgehead atoms. The number of anilines is 2. The van der Waals surface area contributed by atoms with Crippen molar-refractivity contribution in [1.29, 1.82) is 0 Å². The molecule has 1 aliphatic carbocycles. The van der Waals surface area contributed by atoms with Gasteiger partial charge in [0, 0.05) is 42.8 Å². The van der Waals surface area contributed by atoms with Crippen LogP contribution < -0.4 is 20.9 Å². The van der Waals surface area contributed by atoms with E-state index in [2.05, 4.69) is 88.0 Å². The Labute approximate surface area is 208 Å². The maximum atomic E-state index is 12.7. The lowest BCUT2D eigenvalue weighted by Crippen LogP contribution is -2.48. The molecule has 0 spiro atoms. The number of hydrogen-bond acceptors (Lipinski definition) is 6. The number of benzene rings is 2. The van der Waals surface area contributed by atoms with Crippen molar-refractivity contribution in [2.45, 2.75) is 64.1 Å². The Bertz CT molecular complexity index is 1140. The maximum Gasteiger partial charge on any atom is 0.239 e. The number of aromatic nitrogens is 2. The van der Waals surface area contributed by atoms with Gasteiger partial charge in [0.05, 0.1) is 12.1 Å². The van der Waals surface area contributed by atoms with E-state index in [-0.39, 0.29) is 24.0 Å². The molecule has 0 unspecified atom stereocenters. The predicted molar refractivity (Wildman–Crippen MR) is 145 cm³/mol. The first-order chi connectivity index (χ1) is 16.7. The molecule has 35 heavy (non-hydrogen) atoms. The molecule has 7 heteroatoms. The van der Waals surface area contributed by atoms with Gasteiger partial charge in [-0.25, -0.2) is 9.97 Å². The molecule has 1 heterocycles. The maximum absolute atomic E-state index is 12.7. The smallest absolute Gasteiger partial charge is 0.239 e. The van der Waals surface area contributed by atoms with Gasteiger partial charge in [0.2, 0.25) is 5.91 Å². The second-order valence-electron chi connectivity index (χ2n) is 10.8. The highest BCUT2D eigenvalue weighted by atomic mass is 16.2. The molecular formula is C28H38N6O. The van der Waals surface area contributed by atoms with Gasteiger partial charge in [-0.15, -0.1) is 0 Å². The molecule has 2 aromatic carbocycles. The van der Waals surface area contributed by atoms with Crippen molar-refractivity contribution in [3.8, 4) is 11.1 Å². The van der Waals surface area contributed by atoms with Crippen LogP contribution in [0.2, 0.25) is 0 Å². The number of nitrogens with zero attached hydrogens (tertiary/aromatic N) is 3. The zero-order valence-electron chi connectivity index (χ0n) is 21.6. The molecule has 1 amide bonds. The van der Waals surface area contributed by atoms with Gasteiger partial charge in [0.15, 0.2) is 0 Å². The number of carbonyl (C=O) groups excluding carboxylic acids is 1. The summed E-state index contributed by atoms with van der Waals surface area (Å²) in [5, 5.41) is 11.0.